The van der Waals surface area contributed by atoms with Crippen LogP contribution in [-0.4, -0.2) is 55.7 Å². The molecule has 3 aromatic rings. The van der Waals surface area contributed by atoms with E-state index in [9.17, 15) is 13.2 Å². The maximum atomic E-state index is 13.2. The lowest BCUT2D eigenvalue weighted by Crippen LogP contribution is -2.50. The molecule has 0 saturated carbocycles. The molecule has 4 N–H and O–H groups in total. The Hall–Kier alpha value is -3.14. The summed E-state index contributed by atoms with van der Waals surface area (Å²) in [6.45, 7) is 1.44. The topological polar surface area (TPSA) is 122 Å². The van der Waals surface area contributed by atoms with E-state index >= 15 is 0 Å². The minimum atomic E-state index is -3.67. The molecule has 0 spiro atoms. The van der Waals surface area contributed by atoms with Crippen molar-refractivity contribution in [3.63, 3.8) is 0 Å². The predicted octanol–water partition coefficient (Wildman–Crippen LogP) is 2.41. The molecule has 8 nitrogen and oxygen atoms in total. The van der Waals surface area contributed by atoms with Gasteiger partial charge < -0.3 is 16.4 Å². The van der Waals surface area contributed by atoms with E-state index in [4.69, 9.17) is 23.1 Å². The molecule has 1 heterocycles. The Balaban J connectivity index is 1.42. The third-order valence-corrected chi connectivity index (χ3v) is 7.71. The molecule has 10 heteroatoms. The number of carbonyl (C=O) groups is 1. The fraction of sp³-hybridized carbons (Fsp3) is 0.217. The fourth-order valence-electron chi connectivity index (χ4n) is 3.75. The molecule has 0 radical (unpaired) electrons. The average molecular weight is 486 g/mol. The lowest BCUT2D eigenvalue weighted by Gasteiger charge is -2.34. The molecule has 4 rings (SSSR count). The largest absolute Gasteiger partial charge is 0.370 e. The molecule has 1 saturated heterocycles. The van der Waals surface area contributed by atoms with Gasteiger partial charge in [-0.25, -0.2) is 13.4 Å². The zero-order chi connectivity index (χ0) is 23.6. The van der Waals surface area contributed by atoms with Crippen LogP contribution >= 0.6 is 11.6 Å². The predicted molar refractivity (Wildman–Crippen MR) is 130 cm³/mol. The number of sulfonamides is 1. The van der Waals surface area contributed by atoms with Gasteiger partial charge >= 0.3 is 0 Å². The van der Waals surface area contributed by atoms with Crippen molar-refractivity contribution in [2.24, 2.45) is 16.5 Å². The Kier molecular flexibility index (Phi) is 6.55. The van der Waals surface area contributed by atoms with E-state index in [1.165, 1.54) is 4.31 Å². The van der Waals surface area contributed by atoms with E-state index in [2.05, 4.69) is 4.99 Å². The first-order valence-electron chi connectivity index (χ1n) is 10.4. The standard InChI is InChI=1S/C23H24ClN5O3S/c24-20-7-5-19-14-21(8-6-18(19)13-20)33(31,32)29-11-9-28(10-12-29)22(30)17-3-1-16(2-4-17)15-27-23(25)26/h1-8,13-14H,9-12,15H2,(H4,25,26,27). The van der Waals surface area contributed by atoms with Crippen LogP contribution in [0.15, 0.2) is 70.6 Å². The van der Waals surface area contributed by atoms with Gasteiger partial charge in [0.05, 0.1) is 11.4 Å². The molecule has 1 amide bonds. The van der Waals surface area contributed by atoms with E-state index in [1.807, 2.05) is 0 Å². The van der Waals surface area contributed by atoms with Crippen LogP contribution in [0.3, 0.4) is 0 Å². The summed E-state index contributed by atoms with van der Waals surface area (Å²) in [7, 11) is -3.67. The van der Waals surface area contributed by atoms with Gasteiger partial charge in [-0.05, 0) is 52.7 Å². The van der Waals surface area contributed by atoms with Crippen LogP contribution in [0.1, 0.15) is 15.9 Å². The zero-order valence-corrected chi connectivity index (χ0v) is 19.4. The average Bonchev–Trinajstić information content (AvgIpc) is 2.82. The van der Waals surface area contributed by atoms with Crippen LogP contribution in [0, 0.1) is 0 Å². The van der Waals surface area contributed by atoms with E-state index < -0.39 is 10.0 Å². The summed E-state index contributed by atoms with van der Waals surface area (Å²) < 4.78 is 27.7. The number of nitrogens with zero attached hydrogens (tertiary/aromatic N) is 3. The second-order valence-corrected chi connectivity index (χ2v) is 10.2. The van der Waals surface area contributed by atoms with E-state index in [1.54, 1.807) is 65.6 Å². The molecule has 1 aliphatic heterocycles. The quantitative estimate of drug-likeness (QED) is 0.424. The molecular formula is C23H24ClN5O3S. The minimum absolute atomic E-state index is 0.0102. The number of benzene rings is 3. The van der Waals surface area contributed by atoms with Crippen LogP contribution in [0.5, 0.6) is 0 Å². The van der Waals surface area contributed by atoms with Gasteiger partial charge in [0.2, 0.25) is 10.0 Å². The van der Waals surface area contributed by atoms with Gasteiger partial charge in [-0.3, -0.25) is 4.79 Å². The summed E-state index contributed by atoms with van der Waals surface area (Å²) >= 11 is 6.01. The molecule has 1 aliphatic rings. The Bertz CT molecular complexity index is 1310. The van der Waals surface area contributed by atoms with Crippen molar-refractivity contribution in [2.75, 3.05) is 26.2 Å². The lowest BCUT2D eigenvalue weighted by molar-refractivity contribution is 0.0698. The molecule has 172 valence electrons. The van der Waals surface area contributed by atoms with E-state index in [0.717, 1.165) is 16.3 Å². The minimum Gasteiger partial charge on any atom is -0.370 e. The molecule has 0 unspecified atom stereocenters. The van der Waals surface area contributed by atoms with Crippen molar-refractivity contribution < 1.29 is 13.2 Å². The summed E-state index contributed by atoms with van der Waals surface area (Å²) in [5, 5.41) is 2.28. The molecule has 0 aliphatic carbocycles. The van der Waals surface area contributed by atoms with Crippen LogP contribution in [0.25, 0.3) is 10.8 Å². The molecule has 0 aromatic heterocycles. The van der Waals surface area contributed by atoms with Gasteiger partial charge in [0.1, 0.15) is 0 Å². The number of halogens is 1. The SMILES string of the molecule is NC(N)=NCc1ccc(C(=O)N2CCN(S(=O)(=O)c3ccc4cc(Cl)ccc4c3)CC2)cc1. The summed E-state index contributed by atoms with van der Waals surface area (Å²) in [6, 6.07) is 17.4. The third kappa shape index (κ3) is 5.11. The smallest absolute Gasteiger partial charge is 0.253 e. The highest BCUT2D eigenvalue weighted by Gasteiger charge is 2.30. The number of nitrogens with two attached hydrogens (primary N) is 2. The number of amides is 1. The van der Waals surface area contributed by atoms with Gasteiger partial charge in [-0.2, -0.15) is 4.31 Å². The van der Waals surface area contributed by atoms with Crippen molar-refractivity contribution in [3.8, 4) is 0 Å². The Morgan fingerprint density at radius 3 is 2.21 bits per heavy atom. The monoisotopic (exact) mass is 485 g/mol. The molecule has 1 fully saturated rings. The van der Waals surface area contributed by atoms with Crippen molar-refractivity contribution in [2.45, 2.75) is 11.4 Å². The van der Waals surface area contributed by atoms with Gasteiger partial charge in [-0.1, -0.05) is 35.9 Å². The number of fused-ring (bicyclic) bond motifs is 1. The summed E-state index contributed by atoms with van der Waals surface area (Å²) in [5.74, 6) is -0.126. The first kappa shape index (κ1) is 23.0. The van der Waals surface area contributed by atoms with Crippen molar-refractivity contribution in [1.29, 1.82) is 0 Å². The maximum absolute atomic E-state index is 13.2. The summed E-state index contributed by atoms with van der Waals surface area (Å²) in [5.41, 5.74) is 12.1. The lowest BCUT2D eigenvalue weighted by atomic mass is 10.1. The number of carbonyl (C=O) groups excluding carboxylic acids is 1. The van der Waals surface area contributed by atoms with Crippen LogP contribution in [0.2, 0.25) is 5.02 Å². The number of hydrogen-bond donors (Lipinski definition) is 2. The van der Waals surface area contributed by atoms with Gasteiger partial charge in [0.15, 0.2) is 5.96 Å². The van der Waals surface area contributed by atoms with Gasteiger partial charge in [0, 0.05) is 36.8 Å². The second kappa shape index (κ2) is 9.38. The molecule has 0 bridgehead atoms. The Labute approximate surface area is 197 Å². The number of guanidine groups is 1. The molecule has 3 aromatic carbocycles. The fourth-order valence-corrected chi connectivity index (χ4v) is 5.39. The summed E-state index contributed by atoms with van der Waals surface area (Å²) in [6.07, 6.45) is 0. The highest BCUT2D eigenvalue weighted by molar-refractivity contribution is 7.89. The van der Waals surface area contributed by atoms with Crippen LogP contribution < -0.4 is 11.5 Å². The van der Waals surface area contributed by atoms with E-state index in [-0.39, 0.29) is 29.9 Å². The Morgan fingerprint density at radius 1 is 0.909 bits per heavy atom. The van der Waals surface area contributed by atoms with Crippen LogP contribution in [0.4, 0.5) is 0 Å². The second-order valence-electron chi connectivity index (χ2n) is 7.79. The Morgan fingerprint density at radius 2 is 1.55 bits per heavy atom. The number of hydrogen-bond acceptors (Lipinski definition) is 4. The summed E-state index contributed by atoms with van der Waals surface area (Å²) in [4.78, 5) is 18.7. The van der Waals surface area contributed by atoms with Crippen molar-refractivity contribution in [3.05, 3.63) is 76.8 Å². The number of piperazine rings is 1. The maximum Gasteiger partial charge on any atom is 0.253 e. The molecular weight excluding hydrogens is 462 g/mol. The van der Waals surface area contributed by atoms with Crippen molar-refractivity contribution in [1.82, 2.24) is 9.21 Å². The number of rotatable bonds is 5. The van der Waals surface area contributed by atoms with Crippen molar-refractivity contribution >= 4 is 44.3 Å². The first-order valence-corrected chi connectivity index (χ1v) is 12.2. The normalized spacial score (nSPS) is 14.9. The van der Waals surface area contributed by atoms with Gasteiger partial charge in [0.25, 0.3) is 5.91 Å². The highest BCUT2D eigenvalue weighted by atomic mass is 35.5. The molecule has 0 atom stereocenters. The number of aliphatic imine (C=N–C) groups is 1. The first-order chi connectivity index (χ1) is 15.7. The van der Waals surface area contributed by atoms with Gasteiger partial charge in [-0.15, -0.1) is 0 Å². The zero-order valence-electron chi connectivity index (χ0n) is 17.8. The van der Waals surface area contributed by atoms with E-state index in [0.29, 0.717) is 30.2 Å². The molecule has 33 heavy (non-hydrogen) atoms. The third-order valence-electron chi connectivity index (χ3n) is 5.58. The highest BCUT2D eigenvalue weighted by Crippen LogP contribution is 2.25. The van der Waals surface area contributed by atoms with Crippen LogP contribution in [-0.2, 0) is 16.6 Å².